The highest BCUT2D eigenvalue weighted by atomic mass is 16.7. The molecule has 0 bridgehead atoms. The molecule has 0 fully saturated rings. The van der Waals surface area contributed by atoms with Crippen molar-refractivity contribution >= 4 is 29.7 Å². The molecule has 1 heterocycles. The monoisotopic (exact) mass is 593 g/mol. The maximum absolute atomic E-state index is 13.4. The average molecular weight is 594 g/mol. The van der Waals surface area contributed by atoms with Gasteiger partial charge < -0.3 is 23.8 Å². The van der Waals surface area contributed by atoms with E-state index in [0.717, 1.165) is 5.56 Å². The van der Waals surface area contributed by atoms with E-state index in [0.29, 0.717) is 29.2 Å². The fraction of sp³-hybridized carbons (Fsp3) is 0.471. The number of nitrogens with zero attached hydrogens (tertiary/aromatic N) is 1. The smallest absolute Gasteiger partial charge is 0.354 e. The van der Waals surface area contributed by atoms with Gasteiger partial charge in [-0.2, -0.15) is 0 Å². The molecule has 0 aliphatic carbocycles. The lowest BCUT2D eigenvalue weighted by atomic mass is 9.90. The van der Waals surface area contributed by atoms with E-state index in [1.807, 2.05) is 30.3 Å². The molecule has 0 N–H and O–H groups in total. The van der Waals surface area contributed by atoms with Crippen molar-refractivity contribution in [2.24, 2.45) is 5.16 Å². The summed E-state index contributed by atoms with van der Waals surface area (Å²) in [6, 6.07) is 15.0. The van der Waals surface area contributed by atoms with Gasteiger partial charge in [-0.1, -0.05) is 35.5 Å². The first-order valence-corrected chi connectivity index (χ1v) is 14.3. The summed E-state index contributed by atoms with van der Waals surface area (Å²) in [5.41, 5.74) is -1.32. The van der Waals surface area contributed by atoms with Crippen molar-refractivity contribution in [2.45, 2.75) is 104 Å². The number of esters is 3. The molecule has 3 rings (SSSR count). The second-order valence-electron chi connectivity index (χ2n) is 13.5. The van der Waals surface area contributed by atoms with Gasteiger partial charge in [0.2, 0.25) is 5.60 Å². The minimum Gasteiger partial charge on any atom is -0.489 e. The SMILES string of the molecule is CC(C)(C)OC(=O)C=Cc1cc(OCc2ccccc2)cc(C2=NOC(CC(=O)OC(C)(C)C)(C(=O)OC(C)(C)C)C2)c1. The van der Waals surface area contributed by atoms with Gasteiger partial charge in [0, 0.05) is 18.1 Å². The molecule has 1 aliphatic rings. The molecule has 0 amide bonds. The Bertz CT molecular complexity index is 1370. The largest absolute Gasteiger partial charge is 0.489 e. The number of carbonyl (C=O) groups is 3. The van der Waals surface area contributed by atoms with Gasteiger partial charge in [-0.15, -0.1) is 0 Å². The molecule has 1 unspecified atom stereocenters. The van der Waals surface area contributed by atoms with Gasteiger partial charge in [-0.05, 0) is 97.7 Å². The first kappa shape index (κ1) is 33.4. The van der Waals surface area contributed by atoms with Crippen LogP contribution in [0.25, 0.3) is 6.08 Å². The summed E-state index contributed by atoms with van der Waals surface area (Å²) in [7, 11) is 0. The normalized spacial score (nSPS) is 17.2. The second kappa shape index (κ2) is 13.0. The van der Waals surface area contributed by atoms with Crippen molar-refractivity contribution < 1.29 is 38.2 Å². The van der Waals surface area contributed by atoms with Crippen LogP contribution in [0.5, 0.6) is 5.75 Å². The molecule has 1 aliphatic heterocycles. The number of carbonyl (C=O) groups excluding carboxylic acids is 3. The van der Waals surface area contributed by atoms with Crippen LogP contribution in [0, 0.1) is 0 Å². The van der Waals surface area contributed by atoms with Gasteiger partial charge in [-0.3, -0.25) is 4.79 Å². The minimum atomic E-state index is -1.71. The van der Waals surface area contributed by atoms with E-state index in [1.165, 1.54) is 6.08 Å². The van der Waals surface area contributed by atoms with Crippen LogP contribution in [0.15, 0.2) is 59.8 Å². The van der Waals surface area contributed by atoms with Crippen LogP contribution in [-0.4, -0.2) is 46.0 Å². The van der Waals surface area contributed by atoms with Crippen LogP contribution >= 0.6 is 0 Å². The molecule has 2 aromatic carbocycles. The molecule has 0 spiro atoms. The molecule has 9 nitrogen and oxygen atoms in total. The van der Waals surface area contributed by atoms with Gasteiger partial charge in [0.1, 0.15) is 29.2 Å². The highest BCUT2D eigenvalue weighted by Crippen LogP contribution is 2.35. The molecule has 0 saturated heterocycles. The quantitative estimate of drug-likeness (QED) is 0.183. The second-order valence-corrected chi connectivity index (χ2v) is 13.5. The highest BCUT2D eigenvalue weighted by molar-refractivity contribution is 6.06. The Morgan fingerprint density at radius 1 is 0.860 bits per heavy atom. The Balaban J connectivity index is 1.95. The Labute approximate surface area is 254 Å². The summed E-state index contributed by atoms with van der Waals surface area (Å²) in [6.45, 7) is 16.1. The molecule has 43 heavy (non-hydrogen) atoms. The van der Waals surface area contributed by atoms with Crippen molar-refractivity contribution in [2.75, 3.05) is 0 Å². The zero-order valence-corrected chi connectivity index (χ0v) is 26.6. The molecule has 0 radical (unpaired) electrons. The van der Waals surface area contributed by atoms with Gasteiger partial charge >= 0.3 is 17.9 Å². The van der Waals surface area contributed by atoms with E-state index in [4.69, 9.17) is 23.8 Å². The number of hydrogen-bond acceptors (Lipinski definition) is 9. The van der Waals surface area contributed by atoms with E-state index in [1.54, 1.807) is 86.6 Å². The first-order chi connectivity index (χ1) is 19.8. The van der Waals surface area contributed by atoms with Crippen LogP contribution in [0.2, 0.25) is 0 Å². The van der Waals surface area contributed by atoms with Crippen LogP contribution in [-0.2, 0) is 40.0 Å². The number of rotatable bonds is 9. The molecular weight excluding hydrogens is 550 g/mol. The average Bonchev–Trinajstić information content (AvgIpc) is 3.29. The molecule has 232 valence electrons. The van der Waals surface area contributed by atoms with Crippen LogP contribution in [0.1, 0.15) is 91.8 Å². The first-order valence-electron chi connectivity index (χ1n) is 14.3. The van der Waals surface area contributed by atoms with Crippen molar-refractivity contribution in [3.63, 3.8) is 0 Å². The summed E-state index contributed by atoms with van der Waals surface area (Å²) in [5, 5.41) is 4.24. The molecule has 9 heteroatoms. The predicted octanol–water partition coefficient (Wildman–Crippen LogP) is 6.56. The Kier molecular flexibility index (Phi) is 10.1. The predicted molar refractivity (Wildman–Crippen MR) is 163 cm³/mol. The third-order valence-corrected chi connectivity index (χ3v) is 5.73. The fourth-order valence-corrected chi connectivity index (χ4v) is 4.10. The van der Waals surface area contributed by atoms with E-state index < -0.39 is 40.3 Å². The van der Waals surface area contributed by atoms with E-state index in [9.17, 15) is 14.4 Å². The zero-order chi connectivity index (χ0) is 32.1. The Morgan fingerprint density at radius 3 is 2.09 bits per heavy atom. The van der Waals surface area contributed by atoms with Gasteiger partial charge in [-0.25, -0.2) is 9.59 Å². The van der Waals surface area contributed by atoms with Crippen molar-refractivity contribution in [1.82, 2.24) is 0 Å². The summed E-state index contributed by atoms with van der Waals surface area (Å²) in [6.07, 6.45) is 2.53. The van der Waals surface area contributed by atoms with E-state index in [2.05, 4.69) is 5.16 Å². The lowest BCUT2D eigenvalue weighted by Gasteiger charge is -2.29. The van der Waals surface area contributed by atoms with Crippen LogP contribution in [0.4, 0.5) is 0 Å². The maximum atomic E-state index is 13.4. The zero-order valence-electron chi connectivity index (χ0n) is 26.6. The topological polar surface area (TPSA) is 110 Å². The molecule has 0 aromatic heterocycles. The standard InChI is InChI=1S/C34H43NO8/c1-31(2,3)40-28(36)16-15-24-17-25(19-26(18-24)39-22-23-13-11-10-12-14-23)27-20-34(43-35-27,30(38)42-33(7,8)9)21-29(37)41-32(4,5)6/h10-19H,20-22H2,1-9H3. The van der Waals surface area contributed by atoms with E-state index >= 15 is 0 Å². The highest BCUT2D eigenvalue weighted by Gasteiger charge is 2.52. The van der Waals surface area contributed by atoms with E-state index in [-0.39, 0.29) is 12.8 Å². The summed E-state index contributed by atoms with van der Waals surface area (Å²) in [4.78, 5) is 44.4. The lowest BCUT2D eigenvalue weighted by Crippen LogP contribution is -2.46. The Morgan fingerprint density at radius 2 is 1.49 bits per heavy atom. The summed E-state index contributed by atoms with van der Waals surface area (Å²) in [5.74, 6) is -1.32. The Hall–Kier alpha value is -4.14. The number of oxime groups is 1. The van der Waals surface area contributed by atoms with Crippen molar-refractivity contribution in [3.05, 3.63) is 71.3 Å². The third kappa shape index (κ3) is 10.9. The molecular formula is C34H43NO8. The number of ether oxygens (including phenoxy) is 4. The van der Waals surface area contributed by atoms with Gasteiger partial charge in [0.25, 0.3) is 0 Å². The van der Waals surface area contributed by atoms with Gasteiger partial charge in [0.05, 0.1) is 12.1 Å². The van der Waals surface area contributed by atoms with Crippen LogP contribution in [0.3, 0.4) is 0 Å². The molecule has 2 aromatic rings. The van der Waals surface area contributed by atoms with Crippen LogP contribution < -0.4 is 4.74 Å². The molecule has 1 atom stereocenters. The summed E-state index contributed by atoms with van der Waals surface area (Å²) < 4.78 is 22.6. The minimum absolute atomic E-state index is 0.0431. The number of benzene rings is 2. The lowest BCUT2D eigenvalue weighted by molar-refractivity contribution is -0.188. The fourth-order valence-electron chi connectivity index (χ4n) is 4.10. The molecule has 0 saturated carbocycles. The van der Waals surface area contributed by atoms with Crippen molar-refractivity contribution in [3.8, 4) is 5.75 Å². The number of hydrogen-bond donors (Lipinski definition) is 0. The maximum Gasteiger partial charge on any atom is 0.354 e. The van der Waals surface area contributed by atoms with Gasteiger partial charge in [0.15, 0.2) is 0 Å². The third-order valence-electron chi connectivity index (χ3n) is 5.73. The van der Waals surface area contributed by atoms with Crippen molar-refractivity contribution in [1.29, 1.82) is 0 Å². The summed E-state index contributed by atoms with van der Waals surface area (Å²) >= 11 is 0.